The predicted molar refractivity (Wildman–Crippen MR) is 115 cm³/mol. The van der Waals surface area contributed by atoms with Crippen molar-refractivity contribution >= 4 is 26.8 Å². The van der Waals surface area contributed by atoms with E-state index in [-0.39, 0.29) is 16.6 Å². The number of nitrogens with zero attached hydrogens (tertiary/aromatic N) is 3. The summed E-state index contributed by atoms with van der Waals surface area (Å²) in [6, 6.07) is 12.7. The minimum Gasteiger partial charge on any atom is -0.355 e. The molecule has 0 unspecified atom stereocenters. The maximum atomic E-state index is 13.4. The van der Waals surface area contributed by atoms with E-state index in [1.807, 2.05) is 4.57 Å². The number of hydrogen-bond acceptors (Lipinski definition) is 5. The van der Waals surface area contributed by atoms with Gasteiger partial charge in [-0.1, -0.05) is 12.1 Å². The van der Waals surface area contributed by atoms with Crippen molar-refractivity contribution in [1.82, 2.24) is 19.9 Å². The highest BCUT2D eigenvalue weighted by Crippen LogP contribution is 2.30. The molecule has 0 spiro atoms. The molecule has 0 bridgehead atoms. The van der Waals surface area contributed by atoms with Crippen molar-refractivity contribution in [1.29, 1.82) is 0 Å². The minimum atomic E-state index is -3.44. The van der Waals surface area contributed by atoms with Gasteiger partial charge in [0.15, 0.2) is 9.84 Å². The fourth-order valence-corrected chi connectivity index (χ4v) is 3.97. The van der Waals surface area contributed by atoms with Gasteiger partial charge in [-0.3, -0.25) is 9.78 Å². The standard InChI is InChI=1S/C22H19FN4O3S/c1-24-22(28)18-4-3-9-25-20(18)19-11-15-10-17(31(2,29)30)12-26-21(15)27(19)13-14-5-7-16(23)8-6-14/h3-12H,13H2,1-2H3,(H,24,28). The van der Waals surface area contributed by atoms with Crippen molar-refractivity contribution in [2.75, 3.05) is 13.3 Å². The summed E-state index contributed by atoms with van der Waals surface area (Å²) in [6.45, 7) is 0.327. The molecule has 0 saturated carbocycles. The molecular weight excluding hydrogens is 419 g/mol. The minimum absolute atomic E-state index is 0.0954. The molecule has 9 heteroatoms. The lowest BCUT2D eigenvalue weighted by molar-refractivity contribution is 0.0963. The van der Waals surface area contributed by atoms with Gasteiger partial charge in [-0.05, 0) is 42.0 Å². The molecule has 0 saturated heterocycles. The zero-order valence-corrected chi connectivity index (χ0v) is 17.6. The summed E-state index contributed by atoms with van der Waals surface area (Å²) in [5.41, 5.74) is 2.74. The van der Waals surface area contributed by atoms with Gasteiger partial charge in [0.05, 0.1) is 21.8 Å². The average Bonchev–Trinajstić information content (AvgIpc) is 3.11. The number of nitrogens with one attached hydrogen (secondary N) is 1. The Morgan fingerprint density at radius 3 is 2.55 bits per heavy atom. The van der Waals surface area contributed by atoms with Crippen LogP contribution in [-0.4, -0.2) is 42.2 Å². The summed E-state index contributed by atoms with van der Waals surface area (Å²) in [6.07, 6.45) is 4.01. The van der Waals surface area contributed by atoms with E-state index in [1.54, 1.807) is 42.6 Å². The van der Waals surface area contributed by atoms with E-state index in [2.05, 4.69) is 15.3 Å². The average molecular weight is 438 g/mol. The zero-order chi connectivity index (χ0) is 22.2. The normalized spacial score (nSPS) is 11.6. The molecular formula is C22H19FN4O3S. The van der Waals surface area contributed by atoms with E-state index in [4.69, 9.17) is 0 Å². The van der Waals surface area contributed by atoms with Gasteiger partial charge >= 0.3 is 0 Å². The van der Waals surface area contributed by atoms with Crippen LogP contribution in [0.1, 0.15) is 15.9 Å². The van der Waals surface area contributed by atoms with Gasteiger partial charge < -0.3 is 9.88 Å². The zero-order valence-electron chi connectivity index (χ0n) is 16.8. The van der Waals surface area contributed by atoms with E-state index >= 15 is 0 Å². The first kappa shape index (κ1) is 20.7. The van der Waals surface area contributed by atoms with Crippen LogP contribution in [0.15, 0.2) is 65.8 Å². The van der Waals surface area contributed by atoms with Crippen molar-refractivity contribution in [2.24, 2.45) is 0 Å². The van der Waals surface area contributed by atoms with Crippen molar-refractivity contribution < 1.29 is 17.6 Å². The van der Waals surface area contributed by atoms with Crippen molar-refractivity contribution in [3.8, 4) is 11.4 Å². The van der Waals surface area contributed by atoms with Crippen LogP contribution < -0.4 is 5.32 Å². The van der Waals surface area contributed by atoms with E-state index in [0.29, 0.717) is 34.5 Å². The molecule has 0 aliphatic heterocycles. The lowest BCUT2D eigenvalue weighted by Gasteiger charge is -2.13. The second-order valence-corrected chi connectivity index (χ2v) is 9.09. The Hall–Kier alpha value is -3.59. The topological polar surface area (TPSA) is 93.9 Å². The van der Waals surface area contributed by atoms with Crippen molar-refractivity contribution in [2.45, 2.75) is 11.4 Å². The fraction of sp³-hybridized carbons (Fsp3) is 0.136. The highest BCUT2D eigenvalue weighted by molar-refractivity contribution is 7.90. The molecule has 31 heavy (non-hydrogen) atoms. The third-order valence-electron chi connectivity index (χ3n) is 4.91. The molecule has 0 atom stereocenters. The number of benzene rings is 1. The van der Waals surface area contributed by atoms with Crippen molar-refractivity contribution in [3.05, 3.63) is 77.9 Å². The Morgan fingerprint density at radius 1 is 1.13 bits per heavy atom. The first-order chi connectivity index (χ1) is 14.8. The Morgan fingerprint density at radius 2 is 1.87 bits per heavy atom. The number of carbonyl (C=O) groups is 1. The number of hydrogen-bond donors (Lipinski definition) is 1. The van der Waals surface area contributed by atoms with Crippen LogP contribution in [0.25, 0.3) is 22.4 Å². The van der Waals surface area contributed by atoms with Gasteiger partial charge in [0, 0.05) is 37.6 Å². The third-order valence-corrected chi connectivity index (χ3v) is 5.99. The number of rotatable bonds is 5. The molecule has 1 amide bonds. The van der Waals surface area contributed by atoms with E-state index in [9.17, 15) is 17.6 Å². The summed E-state index contributed by atoms with van der Waals surface area (Å²) < 4.78 is 39.2. The highest BCUT2D eigenvalue weighted by Gasteiger charge is 2.20. The number of halogens is 1. The van der Waals surface area contributed by atoms with E-state index in [1.165, 1.54) is 25.4 Å². The maximum Gasteiger partial charge on any atom is 0.253 e. The quantitative estimate of drug-likeness (QED) is 0.517. The lowest BCUT2D eigenvalue weighted by atomic mass is 10.1. The molecule has 0 aliphatic carbocycles. The monoisotopic (exact) mass is 438 g/mol. The first-order valence-corrected chi connectivity index (χ1v) is 11.3. The van der Waals surface area contributed by atoms with E-state index < -0.39 is 9.84 Å². The summed E-state index contributed by atoms with van der Waals surface area (Å²) in [5.74, 6) is -0.643. The van der Waals surface area contributed by atoms with Gasteiger partial charge in [-0.2, -0.15) is 0 Å². The van der Waals surface area contributed by atoms with Crippen LogP contribution in [0.3, 0.4) is 0 Å². The summed E-state index contributed by atoms with van der Waals surface area (Å²) in [5, 5.41) is 3.20. The molecule has 0 aliphatic rings. The summed E-state index contributed by atoms with van der Waals surface area (Å²) in [7, 11) is -1.91. The molecule has 0 radical (unpaired) electrons. The number of aromatic nitrogens is 3. The van der Waals surface area contributed by atoms with Gasteiger partial charge in [0.1, 0.15) is 11.5 Å². The van der Waals surface area contributed by atoms with E-state index in [0.717, 1.165) is 11.8 Å². The predicted octanol–water partition coefficient (Wildman–Crippen LogP) is 3.05. The van der Waals surface area contributed by atoms with Gasteiger partial charge in [0.25, 0.3) is 5.91 Å². The fourth-order valence-electron chi connectivity index (χ4n) is 3.38. The van der Waals surface area contributed by atoms with Gasteiger partial charge in [-0.25, -0.2) is 17.8 Å². The second kappa shape index (κ2) is 7.92. The van der Waals surface area contributed by atoms with Crippen molar-refractivity contribution in [3.63, 3.8) is 0 Å². The molecule has 3 aromatic heterocycles. The molecule has 1 N–H and O–H groups in total. The smallest absolute Gasteiger partial charge is 0.253 e. The van der Waals surface area contributed by atoms with Crippen LogP contribution in [0.5, 0.6) is 0 Å². The first-order valence-electron chi connectivity index (χ1n) is 9.39. The Labute approximate surface area is 178 Å². The molecule has 158 valence electrons. The van der Waals surface area contributed by atoms with Gasteiger partial charge in [-0.15, -0.1) is 0 Å². The SMILES string of the molecule is CNC(=O)c1cccnc1-c1cc2cc(S(C)(=O)=O)cnc2n1Cc1ccc(F)cc1. The number of amides is 1. The molecule has 4 aromatic rings. The van der Waals surface area contributed by atoms with Crippen LogP contribution in [-0.2, 0) is 16.4 Å². The molecule has 7 nitrogen and oxygen atoms in total. The van der Waals surface area contributed by atoms with Crippen LogP contribution in [0.2, 0.25) is 0 Å². The lowest BCUT2D eigenvalue weighted by Crippen LogP contribution is -2.19. The molecule has 3 heterocycles. The van der Waals surface area contributed by atoms with Crippen LogP contribution >= 0.6 is 0 Å². The largest absolute Gasteiger partial charge is 0.355 e. The van der Waals surface area contributed by atoms with Crippen LogP contribution in [0.4, 0.5) is 4.39 Å². The molecule has 1 aromatic carbocycles. The Kier molecular flexibility index (Phi) is 5.28. The number of carbonyl (C=O) groups excluding carboxylic acids is 1. The van der Waals surface area contributed by atoms with Gasteiger partial charge in [0.2, 0.25) is 0 Å². The second-order valence-electron chi connectivity index (χ2n) is 7.08. The highest BCUT2D eigenvalue weighted by atomic mass is 32.2. The summed E-state index contributed by atoms with van der Waals surface area (Å²) in [4.78, 5) is 21.3. The molecule has 4 rings (SSSR count). The number of fused-ring (bicyclic) bond motifs is 1. The number of sulfone groups is 1. The number of pyridine rings is 2. The Bertz CT molecular complexity index is 1400. The van der Waals surface area contributed by atoms with Crippen LogP contribution in [0, 0.1) is 5.82 Å². The third kappa shape index (κ3) is 4.04. The summed E-state index contributed by atoms with van der Waals surface area (Å²) >= 11 is 0. The Balaban J connectivity index is 1.97. The maximum absolute atomic E-state index is 13.4. The molecule has 0 fully saturated rings.